The topological polar surface area (TPSA) is 127 Å². The van der Waals surface area contributed by atoms with Gasteiger partial charge in [-0.1, -0.05) is 41.1 Å². The number of aliphatic hydroxyl groups excluding tert-OH is 1. The number of thiazole rings is 1. The Hall–Kier alpha value is -2.97. The van der Waals surface area contributed by atoms with Gasteiger partial charge in [-0.2, -0.15) is 0 Å². The summed E-state index contributed by atoms with van der Waals surface area (Å²) in [5.74, 6) is 0.778. The van der Waals surface area contributed by atoms with E-state index < -0.39 is 6.10 Å². The normalized spacial score (nSPS) is 17.7. The first-order chi connectivity index (χ1) is 21.3. The number of nitrogens with zero attached hydrogens (tertiary/aromatic N) is 2. The van der Waals surface area contributed by atoms with Gasteiger partial charge < -0.3 is 34.9 Å². The van der Waals surface area contributed by atoms with Crippen LogP contribution in [0.4, 0.5) is 0 Å². The zero-order valence-electron chi connectivity index (χ0n) is 24.1. The molecule has 0 bridgehead atoms. The molecule has 44 heavy (non-hydrogen) atoms. The van der Waals surface area contributed by atoms with E-state index in [1.165, 1.54) is 17.4 Å². The van der Waals surface area contributed by atoms with E-state index in [2.05, 4.69) is 15.2 Å². The van der Waals surface area contributed by atoms with Gasteiger partial charge in [0.05, 0.1) is 35.1 Å². The number of fused-ring (bicyclic) bond motifs is 1. The summed E-state index contributed by atoms with van der Waals surface area (Å²) in [7, 11) is 0. The largest absolute Gasteiger partial charge is 0.506 e. The van der Waals surface area contributed by atoms with Gasteiger partial charge in [0, 0.05) is 44.8 Å². The van der Waals surface area contributed by atoms with Crippen LogP contribution < -0.4 is 14.9 Å². The number of H-pyrrole nitrogens is 1. The number of ether oxygens (including phenoxy) is 2. The fourth-order valence-corrected chi connectivity index (χ4v) is 7.70. The number of carbonyl (C=O) groups is 1. The SMILES string of the molecule is O=C(c1ccsc1Cl)N1CCOC2(CCN(CCOc3ccc(CNCC(O)c4ccc(O)c5[nH]c(=O)sc45)cc3)CC2)C1. The number of halogens is 1. The standard InChI is InChI=1S/C31H35ClN4O6S2/c32-28-23(7-16-43-28)29(39)36-13-15-42-31(19-36)8-10-35(11-9-31)12-14-41-21-3-1-20(2-4-21)17-33-18-25(38)22-5-6-24(37)26-27(22)44-30(40)34-26/h1-7,16,25,33,37-38H,8-15,17-19H2,(H,34,40). The fraction of sp³-hybridized carbons (Fsp3) is 0.419. The number of aromatic nitrogens is 1. The summed E-state index contributed by atoms with van der Waals surface area (Å²) in [5, 5.41) is 25.8. The minimum absolute atomic E-state index is 0.00916. The highest BCUT2D eigenvalue weighted by atomic mass is 35.5. The maximum Gasteiger partial charge on any atom is 0.305 e. The summed E-state index contributed by atoms with van der Waals surface area (Å²) >= 11 is 8.57. The summed E-state index contributed by atoms with van der Waals surface area (Å²) in [6.07, 6.45) is 0.912. The number of rotatable bonds is 10. The number of thiophene rings is 1. The number of piperidine rings is 1. The zero-order valence-corrected chi connectivity index (χ0v) is 26.5. The summed E-state index contributed by atoms with van der Waals surface area (Å²) in [4.78, 5) is 31.3. The Kier molecular flexibility index (Phi) is 9.57. The van der Waals surface area contributed by atoms with Crippen LogP contribution in [0.5, 0.6) is 11.5 Å². The number of aliphatic hydroxyl groups is 1. The third-order valence-corrected chi connectivity index (χ3v) is 10.5. The van der Waals surface area contributed by atoms with E-state index in [0.29, 0.717) is 65.1 Å². The van der Waals surface area contributed by atoms with Gasteiger partial charge in [0.15, 0.2) is 0 Å². The van der Waals surface area contributed by atoms with Crippen molar-refractivity contribution in [1.29, 1.82) is 0 Å². The molecule has 4 heterocycles. The van der Waals surface area contributed by atoms with Gasteiger partial charge in [0.1, 0.15) is 28.0 Å². The number of phenols is 1. The quantitative estimate of drug-likeness (QED) is 0.200. The lowest BCUT2D eigenvalue weighted by molar-refractivity contribution is -0.127. The van der Waals surface area contributed by atoms with Crippen LogP contribution in [-0.4, -0.2) is 89.0 Å². The number of hydrogen-bond acceptors (Lipinski definition) is 10. The third-order valence-electron chi connectivity index (χ3n) is 8.36. The predicted molar refractivity (Wildman–Crippen MR) is 172 cm³/mol. The average Bonchev–Trinajstić information content (AvgIpc) is 3.64. The van der Waals surface area contributed by atoms with Gasteiger partial charge in [0.25, 0.3) is 5.91 Å². The summed E-state index contributed by atoms with van der Waals surface area (Å²) < 4.78 is 13.3. The van der Waals surface area contributed by atoms with Crippen molar-refractivity contribution < 1.29 is 24.5 Å². The first kappa shape index (κ1) is 31.0. The monoisotopic (exact) mass is 658 g/mol. The molecule has 10 nitrogen and oxygen atoms in total. The van der Waals surface area contributed by atoms with E-state index in [1.807, 2.05) is 34.5 Å². The van der Waals surface area contributed by atoms with Crippen LogP contribution in [0.15, 0.2) is 52.6 Å². The third kappa shape index (κ3) is 6.96. The van der Waals surface area contributed by atoms with Gasteiger partial charge >= 0.3 is 4.87 Å². The van der Waals surface area contributed by atoms with E-state index in [9.17, 15) is 19.8 Å². The molecule has 4 aromatic rings. The van der Waals surface area contributed by atoms with Gasteiger partial charge in [-0.25, -0.2) is 0 Å². The molecule has 0 saturated carbocycles. The molecule has 1 unspecified atom stereocenters. The molecule has 2 aliphatic rings. The van der Waals surface area contributed by atoms with Gasteiger partial charge in [-0.15, -0.1) is 11.3 Å². The molecule has 2 aliphatic heterocycles. The molecule has 0 aliphatic carbocycles. The van der Waals surface area contributed by atoms with Crippen molar-refractivity contribution >= 4 is 50.4 Å². The maximum atomic E-state index is 13.0. The van der Waals surface area contributed by atoms with Crippen LogP contribution in [-0.2, 0) is 11.3 Å². The molecule has 2 saturated heterocycles. The van der Waals surface area contributed by atoms with Gasteiger partial charge in [0.2, 0.25) is 0 Å². The molecule has 6 rings (SSSR count). The predicted octanol–water partition coefficient (Wildman–Crippen LogP) is 4.22. The summed E-state index contributed by atoms with van der Waals surface area (Å²) in [6.45, 7) is 5.74. The number of carbonyl (C=O) groups excluding carboxylic acids is 1. The Labute approximate surface area is 267 Å². The molecule has 2 fully saturated rings. The van der Waals surface area contributed by atoms with E-state index in [0.717, 1.165) is 55.1 Å². The second kappa shape index (κ2) is 13.6. The van der Waals surface area contributed by atoms with Crippen LogP contribution in [0.25, 0.3) is 10.2 Å². The van der Waals surface area contributed by atoms with Crippen molar-refractivity contribution in [2.75, 3.05) is 52.5 Å². The molecule has 1 atom stereocenters. The second-order valence-corrected chi connectivity index (χ2v) is 13.7. The van der Waals surface area contributed by atoms with Crippen LogP contribution in [0.2, 0.25) is 4.34 Å². The second-order valence-electron chi connectivity index (χ2n) is 11.2. The van der Waals surface area contributed by atoms with Crippen LogP contribution in [0, 0.1) is 0 Å². The van der Waals surface area contributed by atoms with Crippen LogP contribution in [0.1, 0.15) is 40.4 Å². The lowest BCUT2D eigenvalue weighted by Crippen LogP contribution is -2.58. The molecule has 1 amide bonds. The van der Waals surface area contributed by atoms with Crippen molar-refractivity contribution in [2.45, 2.75) is 31.1 Å². The molecule has 234 valence electrons. The van der Waals surface area contributed by atoms with Gasteiger partial charge in [-0.05, 0) is 48.1 Å². The van der Waals surface area contributed by atoms with E-state index in [4.69, 9.17) is 21.1 Å². The number of aromatic hydroxyl groups is 1. The van der Waals surface area contributed by atoms with Crippen molar-refractivity contribution in [1.82, 2.24) is 20.1 Å². The maximum absolute atomic E-state index is 13.0. The number of likely N-dealkylation sites (tertiary alicyclic amines) is 1. The highest BCUT2D eigenvalue weighted by Crippen LogP contribution is 2.33. The first-order valence-corrected chi connectivity index (χ1v) is 16.7. The highest BCUT2D eigenvalue weighted by molar-refractivity contribution is 7.16. The Morgan fingerprint density at radius 1 is 1.16 bits per heavy atom. The number of aromatic amines is 1. The Morgan fingerprint density at radius 2 is 1.95 bits per heavy atom. The highest BCUT2D eigenvalue weighted by Gasteiger charge is 2.41. The molecule has 4 N–H and O–H groups in total. The molecule has 1 spiro atoms. The van der Waals surface area contributed by atoms with Crippen molar-refractivity contribution in [3.05, 3.63) is 78.5 Å². The Bertz CT molecular complexity index is 1650. The number of phenolic OH excluding ortho intramolecular Hbond substituents is 1. The van der Waals surface area contributed by atoms with E-state index in [-0.39, 0.29) is 22.1 Å². The number of amides is 1. The van der Waals surface area contributed by atoms with E-state index >= 15 is 0 Å². The number of nitrogens with one attached hydrogen (secondary N) is 2. The Morgan fingerprint density at radius 3 is 2.70 bits per heavy atom. The lowest BCUT2D eigenvalue weighted by Gasteiger charge is -2.47. The molecule has 0 radical (unpaired) electrons. The summed E-state index contributed by atoms with van der Waals surface area (Å²) in [6, 6.07) is 12.8. The van der Waals surface area contributed by atoms with Crippen LogP contribution in [0.3, 0.4) is 0 Å². The number of hydrogen-bond donors (Lipinski definition) is 4. The molecule has 2 aromatic carbocycles. The van der Waals surface area contributed by atoms with Crippen molar-refractivity contribution in [3.8, 4) is 11.5 Å². The Balaban J connectivity index is 0.912. The zero-order chi connectivity index (χ0) is 30.7. The van der Waals surface area contributed by atoms with E-state index in [1.54, 1.807) is 12.1 Å². The first-order valence-electron chi connectivity index (χ1n) is 14.6. The number of morpholine rings is 1. The van der Waals surface area contributed by atoms with Crippen molar-refractivity contribution in [3.63, 3.8) is 0 Å². The molecule has 13 heteroatoms. The van der Waals surface area contributed by atoms with Crippen LogP contribution >= 0.6 is 34.3 Å². The molecular weight excluding hydrogens is 624 g/mol. The smallest absolute Gasteiger partial charge is 0.305 e. The minimum atomic E-state index is -0.826. The van der Waals surface area contributed by atoms with Crippen molar-refractivity contribution in [2.24, 2.45) is 0 Å². The molecule has 2 aromatic heterocycles. The molecular formula is C31H35ClN4O6S2. The fourth-order valence-electron chi connectivity index (χ4n) is 5.88. The average molecular weight is 659 g/mol. The van der Waals surface area contributed by atoms with Gasteiger partial charge in [-0.3, -0.25) is 14.5 Å². The summed E-state index contributed by atoms with van der Waals surface area (Å²) in [5.41, 5.74) is 2.29. The minimum Gasteiger partial charge on any atom is -0.506 e. The lowest BCUT2D eigenvalue weighted by atomic mass is 9.89. The number of benzene rings is 2.